The standard InChI is InChI=1S/C8H12N2O.C2H2O4/c1-2-11-8-7(6-9)4-3-5-10-8;3-1(4)2(5)6/h3-5H,2,6,9H2,1H3;(H,3,4)(H,5,6). The molecule has 1 aromatic rings. The summed E-state index contributed by atoms with van der Waals surface area (Å²) in [6.45, 7) is 3.03. The van der Waals surface area contributed by atoms with Crippen molar-refractivity contribution in [2.45, 2.75) is 13.5 Å². The van der Waals surface area contributed by atoms with E-state index in [1.807, 2.05) is 19.1 Å². The van der Waals surface area contributed by atoms with Crippen LogP contribution in [0.1, 0.15) is 12.5 Å². The molecule has 0 aromatic carbocycles. The maximum Gasteiger partial charge on any atom is 0.414 e. The van der Waals surface area contributed by atoms with Crippen LogP contribution in [0.2, 0.25) is 0 Å². The first-order valence-electron chi connectivity index (χ1n) is 4.75. The molecule has 0 aliphatic heterocycles. The van der Waals surface area contributed by atoms with E-state index < -0.39 is 11.9 Å². The zero-order valence-corrected chi connectivity index (χ0v) is 9.29. The Kier molecular flexibility index (Phi) is 7.04. The molecular weight excluding hydrogens is 228 g/mol. The third kappa shape index (κ3) is 6.10. The topological polar surface area (TPSA) is 123 Å². The number of aliphatic carboxylic acids is 2. The van der Waals surface area contributed by atoms with Gasteiger partial charge in [-0.05, 0) is 13.0 Å². The van der Waals surface area contributed by atoms with Gasteiger partial charge < -0.3 is 20.7 Å². The van der Waals surface area contributed by atoms with Gasteiger partial charge in [0.15, 0.2) is 0 Å². The van der Waals surface area contributed by atoms with E-state index in [1.165, 1.54) is 0 Å². The molecule has 0 unspecified atom stereocenters. The second kappa shape index (κ2) is 8.05. The lowest BCUT2D eigenvalue weighted by Crippen LogP contribution is -2.09. The van der Waals surface area contributed by atoms with Gasteiger partial charge in [-0.2, -0.15) is 0 Å². The van der Waals surface area contributed by atoms with Crippen molar-refractivity contribution in [1.29, 1.82) is 0 Å². The number of rotatable bonds is 3. The summed E-state index contributed by atoms with van der Waals surface area (Å²) < 4.78 is 5.24. The first-order valence-corrected chi connectivity index (χ1v) is 4.75. The summed E-state index contributed by atoms with van der Waals surface area (Å²) in [5.74, 6) is -3.00. The summed E-state index contributed by atoms with van der Waals surface area (Å²) >= 11 is 0. The Labute approximate surface area is 97.8 Å². The number of aromatic nitrogens is 1. The van der Waals surface area contributed by atoms with Crippen LogP contribution < -0.4 is 10.5 Å². The van der Waals surface area contributed by atoms with Crippen LogP contribution in [0.4, 0.5) is 0 Å². The fourth-order valence-corrected chi connectivity index (χ4v) is 0.846. The first-order chi connectivity index (χ1) is 8.02. The molecule has 0 atom stereocenters. The Balaban J connectivity index is 0.000000366. The van der Waals surface area contributed by atoms with Gasteiger partial charge in [0.2, 0.25) is 5.88 Å². The van der Waals surface area contributed by atoms with Crippen molar-refractivity contribution in [2.24, 2.45) is 5.73 Å². The molecule has 0 amide bonds. The maximum absolute atomic E-state index is 9.10. The molecule has 0 aliphatic carbocycles. The molecule has 0 bridgehead atoms. The van der Waals surface area contributed by atoms with Crippen LogP contribution in [-0.4, -0.2) is 33.7 Å². The molecule has 0 spiro atoms. The summed E-state index contributed by atoms with van der Waals surface area (Å²) in [5, 5.41) is 14.8. The van der Waals surface area contributed by atoms with E-state index in [0.29, 0.717) is 19.0 Å². The number of carboxylic acid groups (broad SMARTS) is 2. The minimum absolute atomic E-state index is 0.475. The van der Waals surface area contributed by atoms with Crippen LogP contribution in [-0.2, 0) is 16.1 Å². The van der Waals surface area contributed by atoms with Crippen molar-refractivity contribution in [1.82, 2.24) is 4.98 Å². The van der Waals surface area contributed by atoms with E-state index in [9.17, 15) is 0 Å². The van der Waals surface area contributed by atoms with Gasteiger partial charge in [-0.1, -0.05) is 6.07 Å². The molecular formula is C10H14N2O5. The highest BCUT2D eigenvalue weighted by Gasteiger charge is 2.04. The summed E-state index contributed by atoms with van der Waals surface area (Å²) in [5.41, 5.74) is 6.41. The maximum atomic E-state index is 9.10. The van der Waals surface area contributed by atoms with E-state index in [4.69, 9.17) is 30.3 Å². The van der Waals surface area contributed by atoms with E-state index in [0.717, 1.165) is 5.56 Å². The average molecular weight is 242 g/mol. The number of ether oxygens (including phenoxy) is 1. The molecule has 1 heterocycles. The van der Waals surface area contributed by atoms with Crippen LogP contribution in [0.3, 0.4) is 0 Å². The van der Waals surface area contributed by atoms with Crippen molar-refractivity contribution in [3.63, 3.8) is 0 Å². The van der Waals surface area contributed by atoms with E-state index in [2.05, 4.69) is 4.98 Å². The van der Waals surface area contributed by atoms with Gasteiger partial charge in [0.1, 0.15) is 0 Å². The number of carboxylic acids is 2. The van der Waals surface area contributed by atoms with Gasteiger partial charge in [0, 0.05) is 18.3 Å². The van der Waals surface area contributed by atoms with Gasteiger partial charge in [-0.25, -0.2) is 14.6 Å². The van der Waals surface area contributed by atoms with Crippen molar-refractivity contribution in [3.8, 4) is 5.88 Å². The zero-order chi connectivity index (χ0) is 13.3. The molecule has 0 radical (unpaired) electrons. The van der Waals surface area contributed by atoms with Crippen LogP contribution in [0.15, 0.2) is 18.3 Å². The molecule has 0 fully saturated rings. The normalized spacial score (nSPS) is 8.82. The van der Waals surface area contributed by atoms with Gasteiger partial charge in [-0.3, -0.25) is 0 Å². The first kappa shape index (κ1) is 14.8. The predicted molar refractivity (Wildman–Crippen MR) is 58.6 cm³/mol. The molecule has 0 saturated heterocycles. The zero-order valence-electron chi connectivity index (χ0n) is 9.29. The van der Waals surface area contributed by atoms with Crippen LogP contribution in [0, 0.1) is 0 Å². The Bertz CT molecular complexity index is 369. The second-order valence-electron chi connectivity index (χ2n) is 2.72. The quantitative estimate of drug-likeness (QED) is 0.642. The lowest BCUT2D eigenvalue weighted by atomic mass is 10.3. The fraction of sp³-hybridized carbons (Fsp3) is 0.300. The van der Waals surface area contributed by atoms with Gasteiger partial charge in [-0.15, -0.1) is 0 Å². The minimum atomic E-state index is -1.82. The Hall–Kier alpha value is -2.15. The average Bonchev–Trinajstić information content (AvgIpc) is 2.31. The highest BCUT2D eigenvalue weighted by atomic mass is 16.5. The van der Waals surface area contributed by atoms with E-state index >= 15 is 0 Å². The number of hydrogen-bond donors (Lipinski definition) is 3. The molecule has 1 rings (SSSR count). The van der Waals surface area contributed by atoms with E-state index in [1.54, 1.807) is 6.20 Å². The monoisotopic (exact) mass is 242 g/mol. The lowest BCUT2D eigenvalue weighted by molar-refractivity contribution is -0.159. The summed E-state index contributed by atoms with van der Waals surface area (Å²) in [7, 11) is 0. The highest BCUT2D eigenvalue weighted by Crippen LogP contribution is 2.12. The summed E-state index contributed by atoms with van der Waals surface area (Å²) in [6, 6.07) is 3.77. The minimum Gasteiger partial charge on any atom is -0.478 e. The van der Waals surface area contributed by atoms with Crippen LogP contribution in [0.25, 0.3) is 0 Å². The largest absolute Gasteiger partial charge is 0.478 e. The van der Waals surface area contributed by atoms with Crippen molar-refractivity contribution in [2.75, 3.05) is 6.61 Å². The molecule has 4 N–H and O–H groups in total. The third-order valence-corrected chi connectivity index (χ3v) is 1.53. The molecule has 94 valence electrons. The molecule has 1 aromatic heterocycles. The van der Waals surface area contributed by atoms with Gasteiger partial charge in [0.25, 0.3) is 0 Å². The van der Waals surface area contributed by atoms with Crippen molar-refractivity contribution < 1.29 is 24.5 Å². The highest BCUT2D eigenvalue weighted by molar-refractivity contribution is 6.27. The number of nitrogens with zero attached hydrogens (tertiary/aromatic N) is 1. The summed E-state index contributed by atoms with van der Waals surface area (Å²) in [6.07, 6.45) is 1.70. The lowest BCUT2D eigenvalue weighted by Gasteiger charge is -2.05. The fourth-order valence-electron chi connectivity index (χ4n) is 0.846. The number of nitrogens with two attached hydrogens (primary N) is 1. The third-order valence-electron chi connectivity index (χ3n) is 1.53. The number of pyridine rings is 1. The van der Waals surface area contributed by atoms with Crippen LogP contribution >= 0.6 is 0 Å². The Morgan fingerprint density at radius 3 is 2.41 bits per heavy atom. The second-order valence-corrected chi connectivity index (χ2v) is 2.72. The summed E-state index contributed by atoms with van der Waals surface area (Å²) in [4.78, 5) is 22.2. The van der Waals surface area contributed by atoms with Crippen molar-refractivity contribution >= 4 is 11.9 Å². The van der Waals surface area contributed by atoms with Crippen molar-refractivity contribution in [3.05, 3.63) is 23.9 Å². The van der Waals surface area contributed by atoms with Gasteiger partial charge >= 0.3 is 11.9 Å². The molecule has 0 aliphatic rings. The smallest absolute Gasteiger partial charge is 0.414 e. The SMILES string of the molecule is CCOc1ncccc1CN.O=C(O)C(=O)O. The molecule has 0 saturated carbocycles. The van der Waals surface area contributed by atoms with Crippen LogP contribution in [0.5, 0.6) is 5.88 Å². The molecule has 7 heteroatoms. The molecule has 7 nitrogen and oxygen atoms in total. The van der Waals surface area contributed by atoms with E-state index in [-0.39, 0.29) is 0 Å². The number of carbonyl (C=O) groups is 2. The Morgan fingerprint density at radius 1 is 1.41 bits per heavy atom. The Morgan fingerprint density at radius 2 is 2.00 bits per heavy atom. The predicted octanol–water partition coefficient (Wildman–Crippen LogP) is 0.0946. The molecule has 17 heavy (non-hydrogen) atoms. The number of hydrogen-bond acceptors (Lipinski definition) is 5. The van der Waals surface area contributed by atoms with Gasteiger partial charge in [0.05, 0.1) is 6.61 Å².